The zero-order valence-corrected chi connectivity index (χ0v) is 19.9. The van der Waals surface area contributed by atoms with Crippen molar-refractivity contribution in [1.29, 1.82) is 0 Å². The number of hydrogen-bond acceptors (Lipinski definition) is 6. The summed E-state index contributed by atoms with van der Waals surface area (Å²) in [6.07, 6.45) is 0.521. The zero-order chi connectivity index (χ0) is 25.4. The number of fused-ring (bicyclic) bond motifs is 2. The van der Waals surface area contributed by atoms with Crippen molar-refractivity contribution in [1.82, 2.24) is 10.3 Å². The highest BCUT2D eigenvalue weighted by atomic mass is 35.5. The van der Waals surface area contributed by atoms with Gasteiger partial charge in [0.15, 0.2) is 6.10 Å². The third-order valence-electron chi connectivity index (χ3n) is 5.97. The molecule has 2 heterocycles. The molecule has 10 heteroatoms. The molecule has 4 aromatic rings. The Morgan fingerprint density at radius 3 is 2.63 bits per heavy atom. The third kappa shape index (κ3) is 4.81. The minimum absolute atomic E-state index is 0.0161. The molecule has 0 fully saturated rings. The zero-order valence-electron chi connectivity index (χ0n) is 19.1. The number of aromatic nitrogens is 1. The van der Waals surface area contributed by atoms with Gasteiger partial charge in [0.1, 0.15) is 23.1 Å². The number of aryl methyl sites for hydroxylation is 1. The molecule has 35 heavy (non-hydrogen) atoms. The van der Waals surface area contributed by atoms with Crippen molar-refractivity contribution >= 4 is 45.3 Å². The Balaban J connectivity index is 1.52. The van der Waals surface area contributed by atoms with E-state index in [1.54, 1.807) is 32.2 Å². The van der Waals surface area contributed by atoms with E-state index in [1.165, 1.54) is 25.1 Å². The number of carbonyl (C=O) groups excluding carboxylic acids is 1. The monoisotopic (exact) mass is 498 g/mol. The van der Waals surface area contributed by atoms with E-state index in [9.17, 15) is 24.6 Å². The van der Waals surface area contributed by atoms with E-state index < -0.39 is 29.6 Å². The Morgan fingerprint density at radius 1 is 1.17 bits per heavy atom. The van der Waals surface area contributed by atoms with Crippen molar-refractivity contribution in [3.63, 3.8) is 0 Å². The number of aliphatic carboxylic acids is 1. The number of benzene rings is 2. The normalized spacial score (nSPS) is 13.0. The Morgan fingerprint density at radius 2 is 1.91 bits per heavy atom. The highest BCUT2D eigenvalue weighted by Crippen LogP contribution is 2.32. The smallest absolute Gasteiger partial charge is 0.339 e. The molecule has 0 unspecified atom stereocenters. The van der Waals surface area contributed by atoms with Gasteiger partial charge in [0.25, 0.3) is 5.91 Å². The Kier molecular flexibility index (Phi) is 6.45. The van der Waals surface area contributed by atoms with Crippen LogP contribution in [0, 0.1) is 13.8 Å². The number of rotatable bonds is 7. The fraction of sp³-hybridized carbons (Fsp3) is 0.240. The minimum atomic E-state index is -1.24. The predicted octanol–water partition coefficient (Wildman–Crippen LogP) is 3.83. The van der Waals surface area contributed by atoms with E-state index in [0.29, 0.717) is 21.9 Å². The second kappa shape index (κ2) is 9.34. The fourth-order valence-corrected chi connectivity index (χ4v) is 4.03. The molecular weight excluding hydrogens is 476 g/mol. The number of halogens is 1. The largest absolute Gasteiger partial charge is 0.508 e. The molecule has 0 spiro atoms. The molecule has 0 saturated heterocycles. The van der Waals surface area contributed by atoms with E-state index >= 15 is 0 Å². The average molecular weight is 499 g/mol. The lowest BCUT2D eigenvalue weighted by Crippen LogP contribution is -2.47. The maximum Gasteiger partial charge on any atom is 0.339 e. The number of hydrogen-bond donors (Lipinski definition) is 4. The van der Waals surface area contributed by atoms with Crippen LogP contribution in [-0.4, -0.2) is 39.2 Å². The van der Waals surface area contributed by atoms with Crippen LogP contribution < -0.4 is 15.7 Å². The molecule has 1 amide bonds. The molecule has 0 bridgehead atoms. The molecule has 0 aliphatic carbocycles. The molecule has 2 aromatic carbocycles. The lowest BCUT2D eigenvalue weighted by atomic mass is 10.0. The van der Waals surface area contributed by atoms with Gasteiger partial charge in [0.2, 0.25) is 0 Å². The van der Waals surface area contributed by atoms with Gasteiger partial charge >= 0.3 is 11.6 Å². The summed E-state index contributed by atoms with van der Waals surface area (Å²) in [5.74, 6) is -1.73. The molecular formula is C25H23ClN2O7. The van der Waals surface area contributed by atoms with Gasteiger partial charge < -0.3 is 29.7 Å². The summed E-state index contributed by atoms with van der Waals surface area (Å²) in [6, 6.07) is 6.50. The van der Waals surface area contributed by atoms with Crippen LogP contribution in [0.25, 0.3) is 21.9 Å². The van der Waals surface area contributed by atoms with Gasteiger partial charge in [0, 0.05) is 40.5 Å². The number of amides is 1. The number of ether oxygens (including phenoxy) is 1. The first-order valence-corrected chi connectivity index (χ1v) is 11.1. The van der Waals surface area contributed by atoms with Crippen LogP contribution in [0.4, 0.5) is 0 Å². The maximum absolute atomic E-state index is 12.8. The van der Waals surface area contributed by atoms with E-state index in [0.717, 1.165) is 11.1 Å². The summed E-state index contributed by atoms with van der Waals surface area (Å²) in [5.41, 5.74) is 2.33. The summed E-state index contributed by atoms with van der Waals surface area (Å²) >= 11 is 6.34. The number of aromatic hydroxyl groups is 1. The third-order valence-corrected chi connectivity index (χ3v) is 6.27. The lowest BCUT2D eigenvalue weighted by Gasteiger charge is -2.19. The highest BCUT2D eigenvalue weighted by Gasteiger charge is 2.26. The van der Waals surface area contributed by atoms with Gasteiger partial charge in [-0.05, 0) is 56.2 Å². The summed E-state index contributed by atoms with van der Waals surface area (Å²) in [6.45, 7) is 4.89. The second-order valence-corrected chi connectivity index (χ2v) is 8.73. The topological polar surface area (TPSA) is 142 Å². The molecule has 0 aliphatic heterocycles. The molecule has 0 saturated carbocycles. The van der Waals surface area contributed by atoms with E-state index in [-0.39, 0.29) is 28.5 Å². The van der Waals surface area contributed by atoms with Gasteiger partial charge in [-0.3, -0.25) is 4.79 Å². The van der Waals surface area contributed by atoms with Gasteiger partial charge in [-0.25, -0.2) is 9.59 Å². The van der Waals surface area contributed by atoms with Crippen molar-refractivity contribution in [3.8, 4) is 11.5 Å². The fourth-order valence-electron chi connectivity index (χ4n) is 3.82. The van der Waals surface area contributed by atoms with E-state index in [2.05, 4.69) is 10.3 Å². The molecule has 2 atom stereocenters. The van der Waals surface area contributed by atoms with Gasteiger partial charge in [-0.1, -0.05) is 11.6 Å². The molecule has 0 radical (unpaired) electrons. The number of phenols is 1. The number of aromatic amines is 1. The van der Waals surface area contributed by atoms with E-state index in [1.807, 2.05) is 0 Å². The minimum Gasteiger partial charge on any atom is -0.508 e. The van der Waals surface area contributed by atoms with Crippen molar-refractivity contribution in [2.45, 2.75) is 39.3 Å². The molecule has 4 N–H and O–H groups in total. The predicted molar refractivity (Wildman–Crippen MR) is 130 cm³/mol. The van der Waals surface area contributed by atoms with Crippen LogP contribution in [0.2, 0.25) is 5.02 Å². The van der Waals surface area contributed by atoms with Gasteiger partial charge in [-0.2, -0.15) is 0 Å². The Labute approximate surface area is 204 Å². The first-order chi connectivity index (χ1) is 16.5. The maximum atomic E-state index is 12.8. The van der Waals surface area contributed by atoms with E-state index in [4.69, 9.17) is 20.8 Å². The van der Waals surface area contributed by atoms with Crippen LogP contribution in [0.3, 0.4) is 0 Å². The number of nitrogens with one attached hydrogen (secondary N) is 2. The van der Waals surface area contributed by atoms with Crippen molar-refractivity contribution in [3.05, 3.63) is 68.7 Å². The molecule has 182 valence electrons. The van der Waals surface area contributed by atoms with Crippen LogP contribution in [0.15, 0.2) is 45.7 Å². The Bertz CT molecular complexity index is 1520. The summed E-state index contributed by atoms with van der Waals surface area (Å²) in [5, 5.41) is 23.4. The van der Waals surface area contributed by atoms with Crippen LogP contribution >= 0.6 is 11.6 Å². The first-order valence-electron chi connectivity index (χ1n) is 10.8. The Hall–Kier alpha value is -3.98. The second-order valence-electron chi connectivity index (χ2n) is 8.33. The first kappa shape index (κ1) is 24.2. The van der Waals surface area contributed by atoms with Crippen LogP contribution in [0.5, 0.6) is 11.5 Å². The molecule has 2 aromatic heterocycles. The number of H-pyrrole nitrogens is 1. The van der Waals surface area contributed by atoms with Gasteiger partial charge in [-0.15, -0.1) is 0 Å². The van der Waals surface area contributed by atoms with Crippen molar-refractivity contribution in [2.24, 2.45) is 0 Å². The van der Waals surface area contributed by atoms with Gasteiger partial charge in [0.05, 0.1) is 5.02 Å². The van der Waals surface area contributed by atoms with Crippen LogP contribution in [-0.2, 0) is 16.0 Å². The average Bonchev–Trinajstić information content (AvgIpc) is 3.20. The quantitative estimate of drug-likeness (QED) is 0.284. The number of carboxylic acids is 1. The summed E-state index contributed by atoms with van der Waals surface area (Å²) in [7, 11) is 0. The summed E-state index contributed by atoms with van der Waals surface area (Å²) in [4.78, 5) is 39.7. The summed E-state index contributed by atoms with van der Waals surface area (Å²) < 4.78 is 11.0. The number of carboxylic acid groups (broad SMARTS) is 1. The standard InChI is InChI=1S/C25H23ClN2O7/c1-11-12(2)25(33)35-21-9-22(18(26)8-16(11)21)34-13(3)23(30)28-20(24(31)32)6-14-10-27-19-5-4-15(29)7-17(14)19/h4-5,7-10,13,20,27,29H,6H2,1-3H3,(H,28,30)(H,31,32)/t13-,20-/m0/s1. The van der Waals surface area contributed by atoms with Crippen molar-refractivity contribution in [2.75, 3.05) is 0 Å². The van der Waals surface area contributed by atoms with Crippen LogP contribution in [0.1, 0.15) is 23.6 Å². The molecule has 9 nitrogen and oxygen atoms in total. The SMILES string of the molecule is Cc1c(C)c2cc(Cl)c(O[C@@H](C)C(=O)N[C@@H](Cc3c[nH]c4ccc(O)cc34)C(=O)O)cc2oc1=O. The number of phenolic OH excluding ortho intramolecular Hbond substituents is 1. The van der Waals surface area contributed by atoms with Crippen molar-refractivity contribution < 1.29 is 29.0 Å². The number of carbonyl (C=O) groups is 2. The molecule has 4 rings (SSSR count). The molecule has 0 aliphatic rings. The highest BCUT2D eigenvalue weighted by molar-refractivity contribution is 6.32. The lowest BCUT2D eigenvalue weighted by molar-refractivity contribution is -0.142.